The maximum Gasteiger partial charge on any atom is 0.213 e. The van der Waals surface area contributed by atoms with Gasteiger partial charge in [-0.2, -0.15) is 5.10 Å². The number of hydrogen-bond donors (Lipinski definition) is 0. The fraction of sp³-hybridized carbons (Fsp3) is 0.150. The van der Waals surface area contributed by atoms with Crippen molar-refractivity contribution >= 4 is 5.71 Å². The van der Waals surface area contributed by atoms with E-state index in [-0.39, 0.29) is 11.9 Å². The molecule has 3 heterocycles. The van der Waals surface area contributed by atoms with Crippen LogP contribution in [-0.4, -0.2) is 10.7 Å². The topological polar surface area (TPSA) is 38.0 Å². The number of furan rings is 1. The zero-order valence-electron chi connectivity index (χ0n) is 13.3. The Balaban J connectivity index is 1.62. The first-order valence-corrected chi connectivity index (χ1v) is 8.20. The van der Waals surface area contributed by atoms with E-state index in [2.05, 4.69) is 6.07 Å². The molecule has 5 rings (SSSR count). The average molecular weight is 334 g/mol. The van der Waals surface area contributed by atoms with Crippen LogP contribution in [0.15, 0.2) is 76.4 Å². The number of benzene rings is 2. The summed E-state index contributed by atoms with van der Waals surface area (Å²) in [5.74, 6) is 1.28. The van der Waals surface area contributed by atoms with Crippen LogP contribution in [0, 0.1) is 5.82 Å². The molecular weight excluding hydrogens is 319 g/mol. The summed E-state index contributed by atoms with van der Waals surface area (Å²) < 4.78 is 25.4. The van der Waals surface area contributed by atoms with Crippen molar-refractivity contribution < 1.29 is 13.5 Å². The Morgan fingerprint density at radius 1 is 1.04 bits per heavy atom. The summed E-state index contributed by atoms with van der Waals surface area (Å²) >= 11 is 0. The average Bonchev–Trinajstić information content (AvgIpc) is 3.30. The van der Waals surface area contributed by atoms with Gasteiger partial charge in [-0.3, -0.25) is 0 Å². The highest BCUT2D eigenvalue weighted by Gasteiger charge is 2.41. The lowest BCUT2D eigenvalue weighted by Gasteiger charge is -2.38. The molecule has 0 fully saturated rings. The second kappa shape index (κ2) is 5.48. The van der Waals surface area contributed by atoms with Crippen LogP contribution >= 0.6 is 0 Å². The minimum Gasteiger partial charge on any atom is -0.464 e. The predicted octanol–water partition coefficient (Wildman–Crippen LogP) is 4.66. The molecule has 0 N–H and O–H groups in total. The van der Waals surface area contributed by atoms with Crippen molar-refractivity contribution in [3.8, 4) is 5.75 Å². The molecule has 0 spiro atoms. The van der Waals surface area contributed by atoms with E-state index < -0.39 is 6.23 Å². The largest absolute Gasteiger partial charge is 0.464 e. The third-order valence-electron chi connectivity index (χ3n) is 4.64. The molecule has 0 aliphatic carbocycles. The number of ether oxygens (including phenoxy) is 1. The van der Waals surface area contributed by atoms with Crippen LogP contribution in [0.25, 0.3) is 0 Å². The van der Waals surface area contributed by atoms with Crippen molar-refractivity contribution in [3.05, 3.63) is 89.6 Å². The monoisotopic (exact) mass is 334 g/mol. The van der Waals surface area contributed by atoms with Gasteiger partial charge in [-0.1, -0.05) is 30.3 Å². The van der Waals surface area contributed by atoms with Crippen LogP contribution in [-0.2, 0) is 0 Å². The number of halogens is 1. The Kier molecular flexibility index (Phi) is 3.13. The van der Waals surface area contributed by atoms with Crippen LogP contribution in [0.5, 0.6) is 5.75 Å². The standard InChI is InChI=1S/C20H15FN2O2/c21-14-6-3-5-13(11-14)20-23-17(15-7-1-2-8-18(15)25-20)12-16(22-23)19-9-4-10-24-19/h1-11,17,20H,12H2/t17-,20+/m0/s1. The van der Waals surface area contributed by atoms with E-state index in [0.717, 1.165) is 34.8 Å². The Morgan fingerprint density at radius 2 is 1.96 bits per heavy atom. The van der Waals surface area contributed by atoms with Gasteiger partial charge in [0.1, 0.15) is 23.0 Å². The molecule has 0 saturated carbocycles. The summed E-state index contributed by atoms with van der Waals surface area (Å²) in [6.45, 7) is 0. The minimum absolute atomic E-state index is 0.0401. The minimum atomic E-state index is -0.469. The smallest absolute Gasteiger partial charge is 0.213 e. The molecule has 2 aromatic carbocycles. The van der Waals surface area contributed by atoms with E-state index in [1.165, 1.54) is 12.1 Å². The number of hydrogen-bond acceptors (Lipinski definition) is 4. The van der Waals surface area contributed by atoms with Gasteiger partial charge in [0.2, 0.25) is 6.23 Å². The molecule has 25 heavy (non-hydrogen) atoms. The first-order chi connectivity index (χ1) is 12.3. The summed E-state index contributed by atoms with van der Waals surface area (Å²) in [6, 6.07) is 18.2. The van der Waals surface area contributed by atoms with Gasteiger partial charge in [-0.25, -0.2) is 9.40 Å². The van der Waals surface area contributed by atoms with Crippen LogP contribution in [0.2, 0.25) is 0 Å². The maximum absolute atomic E-state index is 13.7. The molecule has 124 valence electrons. The predicted molar refractivity (Wildman–Crippen MR) is 90.7 cm³/mol. The lowest BCUT2D eigenvalue weighted by Crippen LogP contribution is -2.33. The number of para-hydroxylation sites is 1. The number of hydrazone groups is 1. The summed E-state index contributed by atoms with van der Waals surface area (Å²) in [4.78, 5) is 0. The van der Waals surface area contributed by atoms with E-state index >= 15 is 0 Å². The van der Waals surface area contributed by atoms with Crippen molar-refractivity contribution in [3.63, 3.8) is 0 Å². The first-order valence-electron chi connectivity index (χ1n) is 8.20. The van der Waals surface area contributed by atoms with Gasteiger partial charge in [0.05, 0.1) is 12.3 Å². The molecule has 0 radical (unpaired) electrons. The van der Waals surface area contributed by atoms with E-state index in [4.69, 9.17) is 14.3 Å². The van der Waals surface area contributed by atoms with Gasteiger partial charge >= 0.3 is 0 Å². The van der Waals surface area contributed by atoms with Crippen molar-refractivity contribution in [2.75, 3.05) is 0 Å². The third-order valence-corrected chi connectivity index (χ3v) is 4.64. The summed E-state index contributed by atoms with van der Waals surface area (Å²) in [7, 11) is 0. The molecule has 1 aromatic heterocycles. The third kappa shape index (κ3) is 2.31. The molecule has 2 aliphatic heterocycles. The zero-order valence-corrected chi connectivity index (χ0v) is 13.3. The number of rotatable bonds is 2. The van der Waals surface area contributed by atoms with Crippen molar-refractivity contribution in [2.24, 2.45) is 5.10 Å². The molecule has 3 aromatic rings. The van der Waals surface area contributed by atoms with Gasteiger partial charge in [-0.15, -0.1) is 0 Å². The molecule has 4 nitrogen and oxygen atoms in total. The van der Waals surface area contributed by atoms with Crippen molar-refractivity contribution in [1.29, 1.82) is 0 Å². The molecule has 2 aliphatic rings. The SMILES string of the molecule is Fc1cccc([C@H]2Oc3ccccc3[C@@H]3CC(c4ccco4)=NN23)c1. The highest BCUT2D eigenvalue weighted by atomic mass is 19.1. The summed E-state index contributed by atoms with van der Waals surface area (Å²) in [6.07, 6.45) is 1.90. The quantitative estimate of drug-likeness (QED) is 0.684. The lowest BCUT2D eigenvalue weighted by molar-refractivity contribution is -0.0192. The number of nitrogens with zero attached hydrogens (tertiary/aromatic N) is 2. The van der Waals surface area contributed by atoms with Gasteiger partial charge < -0.3 is 9.15 Å². The molecule has 0 unspecified atom stereocenters. The fourth-order valence-corrected chi connectivity index (χ4v) is 3.51. The van der Waals surface area contributed by atoms with Crippen molar-refractivity contribution in [2.45, 2.75) is 18.7 Å². The molecule has 0 saturated heterocycles. The number of fused-ring (bicyclic) bond motifs is 3. The summed E-state index contributed by atoms with van der Waals surface area (Å²) in [5.41, 5.74) is 2.70. The zero-order chi connectivity index (χ0) is 16.8. The van der Waals surface area contributed by atoms with E-state index in [9.17, 15) is 4.39 Å². The highest BCUT2D eigenvalue weighted by molar-refractivity contribution is 5.99. The molecule has 0 amide bonds. The van der Waals surface area contributed by atoms with E-state index in [1.54, 1.807) is 12.3 Å². The normalized spacial score (nSPS) is 21.3. The van der Waals surface area contributed by atoms with Gasteiger partial charge in [0.15, 0.2) is 0 Å². The van der Waals surface area contributed by atoms with Gasteiger partial charge in [0, 0.05) is 17.5 Å². The fourth-order valence-electron chi connectivity index (χ4n) is 3.51. The molecular formula is C20H15FN2O2. The molecule has 5 heteroatoms. The van der Waals surface area contributed by atoms with Gasteiger partial charge in [0.25, 0.3) is 0 Å². The second-order valence-electron chi connectivity index (χ2n) is 6.19. The maximum atomic E-state index is 13.7. The summed E-state index contributed by atoms with van der Waals surface area (Å²) in [5, 5.41) is 6.66. The highest BCUT2D eigenvalue weighted by Crippen LogP contribution is 2.47. The van der Waals surface area contributed by atoms with Gasteiger partial charge in [-0.05, 0) is 30.3 Å². The van der Waals surface area contributed by atoms with E-state index in [1.807, 2.05) is 41.4 Å². The van der Waals surface area contributed by atoms with Crippen LogP contribution in [0.4, 0.5) is 4.39 Å². The van der Waals surface area contributed by atoms with E-state index in [0.29, 0.717) is 0 Å². The Labute approximate surface area is 144 Å². The van der Waals surface area contributed by atoms with Crippen molar-refractivity contribution in [1.82, 2.24) is 5.01 Å². The lowest BCUT2D eigenvalue weighted by atomic mass is 9.97. The molecule has 2 atom stereocenters. The Bertz CT molecular complexity index is 952. The van der Waals surface area contributed by atoms with Crippen LogP contribution < -0.4 is 4.74 Å². The van der Waals surface area contributed by atoms with Crippen LogP contribution in [0.1, 0.15) is 35.6 Å². The van der Waals surface area contributed by atoms with Crippen LogP contribution in [0.3, 0.4) is 0 Å². The second-order valence-corrected chi connectivity index (χ2v) is 6.19. The Morgan fingerprint density at radius 3 is 2.80 bits per heavy atom. The first kappa shape index (κ1) is 14.3. The molecule has 0 bridgehead atoms. The Hall–Kier alpha value is -3.08.